The first-order valence-corrected chi connectivity index (χ1v) is 8.41. The van der Waals surface area contributed by atoms with Crippen LogP contribution in [0.2, 0.25) is 0 Å². The Labute approximate surface area is 139 Å². The van der Waals surface area contributed by atoms with Crippen LogP contribution in [0.1, 0.15) is 23.7 Å². The molecule has 23 heavy (non-hydrogen) atoms. The summed E-state index contributed by atoms with van der Waals surface area (Å²) in [5.41, 5.74) is 1.86. The molecule has 6 heteroatoms. The van der Waals surface area contributed by atoms with Gasteiger partial charge in [0.05, 0.1) is 22.9 Å². The minimum Gasteiger partial charge on any atom is -0.466 e. The topological polar surface area (TPSA) is 68.3 Å². The third kappa shape index (κ3) is 4.82. The van der Waals surface area contributed by atoms with Gasteiger partial charge in [0.15, 0.2) is 5.78 Å². The summed E-state index contributed by atoms with van der Waals surface area (Å²) in [7, 11) is 0. The average molecular weight is 330 g/mol. The average Bonchev–Trinajstić information content (AvgIpc) is 2.55. The lowest BCUT2D eigenvalue weighted by atomic mass is 10.1. The van der Waals surface area contributed by atoms with Crippen LogP contribution in [-0.2, 0) is 9.53 Å². The zero-order chi connectivity index (χ0) is 16.7. The van der Waals surface area contributed by atoms with Crippen molar-refractivity contribution in [3.8, 4) is 0 Å². The number of para-hydroxylation sites is 1. The van der Waals surface area contributed by atoms with E-state index in [2.05, 4.69) is 10.3 Å². The molecule has 5 nitrogen and oxygen atoms in total. The molecule has 0 aliphatic heterocycles. The molecule has 1 aromatic heterocycles. The molecule has 0 atom stereocenters. The Hall–Kier alpha value is -2.34. The van der Waals surface area contributed by atoms with E-state index in [1.54, 1.807) is 13.0 Å². The fourth-order valence-electron chi connectivity index (χ4n) is 1.99. The number of pyridine rings is 1. The van der Waals surface area contributed by atoms with Crippen molar-refractivity contribution in [2.45, 2.75) is 18.4 Å². The number of hydrogen-bond acceptors (Lipinski definition) is 6. The van der Waals surface area contributed by atoms with Crippen molar-refractivity contribution in [3.63, 3.8) is 0 Å². The number of thioether (sulfide) groups is 1. The number of anilines is 2. The largest absolute Gasteiger partial charge is 0.466 e. The van der Waals surface area contributed by atoms with E-state index in [9.17, 15) is 9.59 Å². The molecule has 0 aliphatic rings. The fourth-order valence-corrected chi connectivity index (χ4v) is 2.38. The molecule has 0 saturated heterocycles. The minimum absolute atomic E-state index is 0.255. The highest BCUT2D eigenvalue weighted by atomic mass is 32.2. The first-order chi connectivity index (χ1) is 11.1. The van der Waals surface area contributed by atoms with Crippen LogP contribution in [0.5, 0.6) is 0 Å². The van der Waals surface area contributed by atoms with Crippen LogP contribution in [0.15, 0.2) is 47.6 Å². The Morgan fingerprint density at radius 2 is 2.00 bits per heavy atom. The summed E-state index contributed by atoms with van der Waals surface area (Å²) in [6, 6.07) is 11.3. The molecule has 0 saturated carbocycles. The molecule has 0 fully saturated rings. The van der Waals surface area contributed by atoms with E-state index < -0.39 is 5.97 Å². The SMILES string of the molecule is CCOC(=O)CC(=O)c1cnc(SC)cc1Nc1ccccc1. The number of aromatic nitrogens is 1. The van der Waals surface area contributed by atoms with Gasteiger partial charge in [-0.25, -0.2) is 4.98 Å². The van der Waals surface area contributed by atoms with Gasteiger partial charge in [-0.2, -0.15) is 0 Å². The Kier molecular flexibility index (Phi) is 6.17. The molecule has 2 rings (SSSR count). The lowest BCUT2D eigenvalue weighted by molar-refractivity contribution is -0.141. The maximum absolute atomic E-state index is 12.4. The summed E-state index contributed by atoms with van der Waals surface area (Å²) in [6.45, 7) is 1.96. The second kappa shape index (κ2) is 8.33. The van der Waals surface area contributed by atoms with Crippen LogP contribution < -0.4 is 5.32 Å². The number of carbonyl (C=O) groups is 2. The number of hydrogen-bond donors (Lipinski definition) is 1. The third-order valence-electron chi connectivity index (χ3n) is 3.05. The van der Waals surface area contributed by atoms with Crippen molar-refractivity contribution in [3.05, 3.63) is 48.2 Å². The minimum atomic E-state index is -0.530. The maximum Gasteiger partial charge on any atom is 0.313 e. The zero-order valence-corrected chi connectivity index (χ0v) is 13.9. The van der Waals surface area contributed by atoms with Crippen molar-refractivity contribution < 1.29 is 14.3 Å². The molecule has 0 radical (unpaired) electrons. The van der Waals surface area contributed by atoms with Gasteiger partial charge >= 0.3 is 5.97 Å². The van der Waals surface area contributed by atoms with Crippen molar-refractivity contribution in [1.29, 1.82) is 0 Å². The zero-order valence-electron chi connectivity index (χ0n) is 13.0. The smallest absolute Gasteiger partial charge is 0.313 e. The second-order valence-electron chi connectivity index (χ2n) is 4.67. The Morgan fingerprint density at radius 3 is 2.65 bits per heavy atom. The number of carbonyl (C=O) groups excluding carboxylic acids is 2. The van der Waals surface area contributed by atoms with E-state index in [-0.39, 0.29) is 18.8 Å². The normalized spacial score (nSPS) is 10.2. The van der Waals surface area contributed by atoms with Gasteiger partial charge < -0.3 is 10.1 Å². The van der Waals surface area contributed by atoms with Crippen molar-refractivity contribution in [2.24, 2.45) is 0 Å². The fraction of sp³-hybridized carbons (Fsp3) is 0.235. The molecule has 0 bridgehead atoms. The summed E-state index contributed by atoms with van der Waals surface area (Å²) >= 11 is 1.48. The Balaban J connectivity index is 2.27. The van der Waals surface area contributed by atoms with Gasteiger partial charge in [-0.15, -0.1) is 11.8 Å². The maximum atomic E-state index is 12.4. The summed E-state index contributed by atoms with van der Waals surface area (Å²) in [6.07, 6.45) is 3.12. The number of esters is 1. The monoisotopic (exact) mass is 330 g/mol. The molecule has 0 amide bonds. The van der Waals surface area contributed by atoms with E-state index in [1.165, 1.54) is 18.0 Å². The quantitative estimate of drug-likeness (QED) is 0.361. The highest BCUT2D eigenvalue weighted by Crippen LogP contribution is 2.25. The van der Waals surface area contributed by atoms with E-state index in [0.717, 1.165) is 10.7 Å². The summed E-state index contributed by atoms with van der Waals surface area (Å²) in [5, 5.41) is 4.00. The van der Waals surface area contributed by atoms with E-state index in [0.29, 0.717) is 11.3 Å². The van der Waals surface area contributed by atoms with Gasteiger partial charge in [0.25, 0.3) is 0 Å². The molecule has 2 aromatic rings. The highest BCUT2D eigenvalue weighted by molar-refractivity contribution is 7.98. The molecule has 0 aliphatic carbocycles. The van der Waals surface area contributed by atoms with Crippen LogP contribution in [-0.4, -0.2) is 29.6 Å². The standard InChI is InChI=1S/C17H18N2O3S/c1-3-22-17(21)10-15(20)13-11-18-16(23-2)9-14(13)19-12-7-5-4-6-8-12/h4-9,11H,3,10H2,1-2H3,(H,18,19). The summed E-state index contributed by atoms with van der Waals surface area (Å²) in [4.78, 5) is 28.1. The second-order valence-corrected chi connectivity index (χ2v) is 5.49. The van der Waals surface area contributed by atoms with Crippen LogP contribution in [0.3, 0.4) is 0 Å². The van der Waals surface area contributed by atoms with Gasteiger partial charge in [-0.3, -0.25) is 9.59 Å². The molecular weight excluding hydrogens is 312 g/mol. The number of benzene rings is 1. The van der Waals surface area contributed by atoms with Crippen LogP contribution in [0.4, 0.5) is 11.4 Å². The number of ketones is 1. The van der Waals surface area contributed by atoms with E-state index in [1.807, 2.05) is 36.6 Å². The predicted octanol–water partition coefficient (Wildman–Crippen LogP) is 3.68. The lowest BCUT2D eigenvalue weighted by Gasteiger charge is -2.12. The first-order valence-electron chi connectivity index (χ1n) is 7.19. The molecule has 1 aromatic carbocycles. The molecule has 0 unspecified atom stereocenters. The highest BCUT2D eigenvalue weighted by Gasteiger charge is 2.17. The molecule has 1 N–H and O–H groups in total. The van der Waals surface area contributed by atoms with Gasteiger partial charge in [0, 0.05) is 11.9 Å². The van der Waals surface area contributed by atoms with Gasteiger partial charge in [-0.1, -0.05) is 18.2 Å². The number of nitrogens with zero attached hydrogens (tertiary/aromatic N) is 1. The number of ether oxygens (including phenoxy) is 1. The molecular formula is C17H18N2O3S. The molecule has 120 valence electrons. The summed E-state index contributed by atoms with van der Waals surface area (Å²) < 4.78 is 4.83. The van der Waals surface area contributed by atoms with Crippen LogP contribution >= 0.6 is 11.8 Å². The molecule has 0 spiro atoms. The van der Waals surface area contributed by atoms with Crippen LogP contribution in [0.25, 0.3) is 0 Å². The first kappa shape index (κ1) is 17.0. The van der Waals surface area contributed by atoms with Crippen LogP contribution in [0, 0.1) is 0 Å². The number of nitrogens with one attached hydrogen (secondary N) is 1. The van der Waals surface area contributed by atoms with E-state index in [4.69, 9.17) is 4.74 Å². The van der Waals surface area contributed by atoms with Crippen molar-refractivity contribution in [1.82, 2.24) is 4.98 Å². The van der Waals surface area contributed by atoms with Crippen molar-refractivity contribution in [2.75, 3.05) is 18.2 Å². The van der Waals surface area contributed by atoms with E-state index >= 15 is 0 Å². The summed E-state index contributed by atoms with van der Waals surface area (Å²) in [5.74, 6) is -0.848. The lowest BCUT2D eigenvalue weighted by Crippen LogP contribution is -2.13. The Bertz CT molecular complexity index is 689. The third-order valence-corrected chi connectivity index (χ3v) is 3.69. The van der Waals surface area contributed by atoms with Crippen molar-refractivity contribution >= 4 is 34.9 Å². The number of Topliss-reactive ketones (excluding diaryl/α,β-unsaturated/α-hetero) is 1. The van der Waals surface area contributed by atoms with Gasteiger partial charge in [0.1, 0.15) is 6.42 Å². The van der Waals surface area contributed by atoms with Gasteiger partial charge in [-0.05, 0) is 31.4 Å². The molecule has 1 heterocycles. The Morgan fingerprint density at radius 1 is 1.26 bits per heavy atom. The predicted molar refractivity (Wildman–Crippen MR) is 91.3 cm³/mol. The van der Waals surface area contributed by atoms with Gasteiger partial charge in [0.2, 0.25) is 0 Å². The number of rotatable bonds is 7.